The van der Waals surface area contributed by atoms with Crippen LogP contribution in [0.3, 0.4) is 0 Å². The van der Waals surface area contributed by atoms with Gasteiger partial charge in [-0.05, 0) is 24.5 Å². The van der Waals surface area contributed by atoms with E-state index in [0.717, 1.165) is 32.1 Å². The first-order valence-electron chi connectivity index (χ1n) is 6.79. The molecular weight excluding hydrogens is 210 g/mol. The Labute approximate surface area is 103 Å². The van der Waals surface area contributed by atoms with Crippen LogP contribution in [-0.4, -0.2) is 36.1 Å². The van der Waals surface area contributed by atoms with E-state index in [4.69, 9.17) is 0 Å². The summed E-state index contributed by atoms with van der Waals surface area (Å²) in [5.41, 5.74) is 1.27. The van der Waals surface area contributed by atoms with Crippen molar-refractivity contribution in [2.45, 2.75) is 25.3 Å². The molecule has 0 bridgehead atoms. The number of piperazine rings is 1. The standard InChI is InChI=1S/C14H21N3/c1-2-6-16-13(3-1)14(11-12-4-5-12)17-9-7-15-8-10-17/h1-3,6,12,14-15H,4-5,7-11H2/t14-/m1/s1. The van der Waals surface area contributed by atoms with Crippen LogP contribution in [0.2, 0.25) is 0 Å². The van der Waals surface area contributed by atoms with Gasteiger partial charge in [0.05, 0.1) is 11.7 Å². The highest BCUT2D eigenvalue weighted by Gasteiger charge is 2.30. The summed E-state index contributed by atoms with van der Waals surface area (Å²) in [4.78, 5) is 7.18. The van der Waals surface area contributed by atoms with Crippen LogP contribution in [0.5, 0.6) is 0 Å². The number of hydrogen-bond donors (Lipinski definition) is 1. The molecule has 1 atom stereocenters. The predicted molar refractivity (Wildman–Crippen MR) is 68.8 cm³/mol. The lowest BCUT2D eigenvalue weighted by Gasteiger charge is -2.34. The monoisotopic (exact) mass is 231 g/mol. The molecule has 2 fully saturated rings. The Morgan fingerprint density at radius 2 is 2.12 bits per heavy atom. The lowest BCUT2D eigenvalue weighted by Crippen LogP contribution is -2.45. The quantitative estimate of drug-likeness (QED) is 0.857. The van der Waals surface area contributed by atoms with Gasteiger partial charge in [-0.1, -0.05) is 18.9 Å². The highest BCUT2D eigenvalue weighted by molar-refractivity contribution is 5.10. The molecule has 0 aromatic carbocycles. The molecule has 92 valence electrons. The SMILES string of the molecule is c1ccc([C@@H](CC2CC2)N2CCNCC2)nc1. The van der Waals surface area contributed by atoms with E-state index in [1.54, 1.807) is 0 Å². The van der Waals surface area contributed by atoms with Gasteiger partial charge in [0.1, 0.15) is 0 Å². The van der Waals surface area contributed by atoms with Crippen molar-refractivity contribution in [3.8, 4) is 0 Å². The highest BCUT2D eigenvalue weighted by atomic mass is 15.2. The second-order valence-electron chi connectivity index (χ2n) is 5.24. The molecule has 17 heavy (non-hydrogen) atoms. The first-order valence-corrected chi connectivity index (χ1v) is 6.79. The molecular formula is C14H21N3. The summed E-state index contributed by atoms with van der Waals surface area (Å²) in [6.07, 6.45) is 6.08. The number of nitrogens with zero attached hydrogens (tertiary/aromatic N) is 2. The molecule has 2 aliphatic rings. The van der Waals surface area contributed by atoms with Gasteiger partial charge in [-0.3, -0.25) is 9.88 Å². The zero-order valence-corrected chi connectivity index (χ0v) is 10.3. The number of rotatable bonds is 4. The third-order valence-electron chi connectivity index (χ3n) is 3.88. The minimum absolute atomic E-state index is 0.547. The summed E-state index contributed by atoms with van der Waals surface area (Å²) in [6, 6.07) is 6.86. The summed E-state index contributed by atoms with van der Waals surface area (Å²) in [5, 5.41) is 3.43. The Balaban J connectivity index is 1.75. The van der Waals surface area contributed by atoms with Gasteiger partial charge < -0.3 is 5.32 Å². The lowest BCUT2D eigenvalue weighted by molar-refractivity contribution is 0.157. The van der Waals surface area contributed by atoms with E-state index in [-0.39, 0.29) is 0 Å². The van der Waals surface area contributed by atoms with Crippen molar-refractivity contribution >= 4 is 0 Å². The molecule has 1 saturated carbocycles. The van der Waals surface area contributed by atoms with Crippen LogP contribution in [0.25, 0.3) is 0 Å². The summed E-state index contributed by atoms with van der Waals surface area (Å²) in [6.45, 7) is 4.56. The smallest absolute Gasteiger partial charge is 0.0575 e. The first-order chi connectivity index (χ1) is 8.43. The number of pyridine rings is 1. The van der Waals surface area contributed by atoms with Gasteiger partial charge in [-0.2, -0.15) is 0 Å². The molecule has 1 aliphatic heterocycles. The Bertz CT molecular complexity index is 342. The van der Waals surface area contributed by atoms with E-state index in [0.29, 0.717) is 6.04 Å². The van der Waals surface area contributed by atoms with E-state index in [1.165, 1.54) is 25.0 Å². The largest absolute Gasteiger partial charge is 0.314 e. The minimum Gasteiger partial charge on any atom is -0.314 e. The fourth-order valence-electron chi connectivity index (χ4n) is 2.69. The minimum atomic E-state index is 0.547. The van der Waals surface area contributed by atoms with Crippen molar-refractivity contribution in [2.24, 2.45) is 5.92 Å². The molecule has 3 nitrogen and oxygen atoms in total. The van der Waals surface area contributed by atoms with Crippen LogP contribution in [0.4, 0.5) is 0 Å². The maximum Gasteiger partial charge on any atom is 0.0575 e. The van der Waals surface area contributed by atoms with Gasteiger partial charge in [-0.15, -0.1) is 0 Å². The fraction of sp³-hybridized carbons (Fsp3) is 0.643. The molecule has 0 radical (unpaired) electrons. The number of aromatic nitrogens is 1. The number of nitrogens with one attached hydrogen (secondary N) is 1. The maximum atomic E-state index is 4.57. The molecule has 1 aromatic rings. The van der Waals surface area contributed by atoms with Crippen LogP contribution < -0.4 is 5.32 Å². The van der Waals surface area contributed by atoms with E-state index < -0.39 is 0 Å². The van der Waals surface area contributed by atoms with E-state index in [9.17, 15) is 0 Å². The molecule has 2 heterocycles. The molecule has 1 aliphatic carbocycles. The van der Waals surface area contributed by atoms with Crippen molar-refractivity contribution in [1.29, 1.82) is 0 Å². The Morgan fingerprint density at radius 1 is 1.29 bits per heavy atom. The van der Waals surface area contributed by atoms with Gasteiger partial charge in [0.2, 0.25) is 0 Å². The first kappa shape index (κ1) is 11.2. The molecule has 0 unspecified atom stereocenters. The molecule has 3 heteroatoms. The normalized spacial score (nSPS) is 23.5. The van der Waals surface area contributed by atoms with Crippen LogP contribution in [-0.2, 0) is 0 Å². The van der Waals surface area contributed by atoms with Gasteiger partial charge in [0.25, 0.3) is 0 Å². The fourth-order valence-corrected chi connectivity index (χ4v) is 2.69. The molecule has 1 saturated heterocycles. The summed E-state index contributed by atoms with van der Waals surface area (Å²) in [5.74, 6) is 0.955. The second kappa shape index (κ2) is 5.15. The maximum absolute atomic E-state index is 4.57. The van der Waals surface area contributed by atoms with E-state index in [2.05, 4.69) is 27.3 Å². The Morgan fingerprint density at radius 3 is 2.76 bits per heavy atom. The second-order valence-corrected chi connectivity index (χ2v) is 5.24. The summed E-state index contributed by atoms with van der Waals surface area (Å²) in [7, 11) is 0. The van der Waals surface area contributed by atoms with E-state index >= 15 is 0 Å². The zero-order valence-electron chi connectivity index (χ0n) is 10.3. The lowest BCUT2D eigenvalue weighted by atomic mass is 10.0. The molecule has 1 aromatic heterocycles. The zero-order chi connectivity index (χ0) is 11.5. The van der Waals surface area contributed by atoms with Gasteiger partial charge >= 0.3 is 0 Å². The molecule has 3 rings (SSSR count). The third-order valence-corrected chi connectivity index (χ3v) is 3.88. The molecule has 0 amide bonds. The highest BCUT2D eigenvalue weighted by Crippen LogP contribution is 2.39. The topological polar surface area (TPSA) is 28.2 Å². The summed E-state index contributed by atoms with van der Waals surface area (Å²) >= 11 is 0. The van der Waals surface area contributed by atoms with Gasteiger partial charge in [-0.25, -0.2) is 0 Å². The van der Waals surface area contributed by atoms with Crippen molar-refractivity contribution in [3.63, 3.8) is 0 Å². The predicted octanol–water partition coefficient (Wildman–Crippen LogP) is 1.83. The van der Waals surface area contributed by atoms with Crippen molar-refractivity contribution < 1.29 is 0 Å². The molecule has 0 spiro atoms. The van der Waals surface area contributed by atoms with Gasteiger partial charge in [0.15, 0.2) is 0 Å². The van der Waals surface area contributed by atoms with Crippen LogP contribution in [0, 0.1) is 5.92 Å². The average Bonchev–Trinajstić information content (AvgIpc) is 3.22. The van der Waals surface area contributed by atoms with Crippen molar-refractivity contribution in [3.05, 3.63) is 30.1 Å². The average molecular weight is 231 g/mol. The van der Waals surface area contributed by atoms with E-state index in [1.807, 2.05) is 12.3 Å². The third kappa shape index (κ3) is 2.85. The number of hydrogen-bond acceptors (Lipinski definition) is 3. The van der Waals surface area contributed by atoms with Crippen LogP contribution in [0.15, 0.2) is 24.4 Å². The molecule has 1 N–H and O–H groups in total. The van der Waals surface area contributed by atoms with Gasteiger partial charge in [0, 0.05) is 32.4 Å². The Hall–Kier alpha value is -0.930. The Kier molecular flexibility index (Phi) is 3.39. The van der Waals surface area contributed by atoms with Crippen molar-refractivity contribution in [2.75, 3.05) is 26.2 Å². The summed E-state index contributed by atoms with van der Waals surface area (Å²) < 4.78 is 0. The van der Waals surface area contributed by atoms with Crippen LogP contribution in [0.1, 0.15) is 31.0 Å². The van der Waals surface area contributed by atoms with Crippen molar-refractivity contribution in [1.82, 2.24) is 15.2 Å². The van der Waals surface area contributed by atoms with Crippen LogP contribution >= 0.6 is 0 Å².